The lowest BCUT2D eigenvalue weighted by molar-refractivity contribution is -0.137. The third-order valence-corrected chi connectivity index (χ3v) is 2.24. The molecular weight excluding hydrogens is 231 g/mol. The molecular formula is C12H10F3NO. The minimum absolute atomic E-state index is 0.188. The number of rotatable bonds is 3. The summed E-state index contributed by atoms with van der Waals surface area (Å²) in [5, 5.41) is 0. The molecule has 0 fully saturated rings. The molecule has 0 aliphatic heterocycles. The van der Waals surface area contributed by atoms with Crippen LogP contribution in [0.15, 0.2) is 18.2 Å². The molecule has 0 N–H and O–H groups in total. The molecule has 1 aromatic rings. The second-order valence-electron chi connectivity index (χ2n) is 3.45. The molecule has 0 unspecified atom stereocenters. The van der Waals surface area contributed by atoms with Crippen LogP contribution in [0, 0.1) is 12.3 Å². The average molecular weight is 241 g/mol. The van der Waals surface area contributed by atoms with Crippen molar-refractivity contribution < 1.29 is 18.0 Å². The minimum atomic E-state index is -4.55. The fourth-order valence-electron chi connectivity index (χ4n) is 1.36. The van der Waals surface area contributed by atoms with Crippen LogP contribution in [0.3, 0.4) is 0 Å². The molecule has 0 heterocycles. The highest BCUT2D eigenvalue weighted by molar-refractivity contribution is 5.79. The van der Waals surface area contributed by atoms with Gasteiger partial charge in [-0.1, -0.05) is 5.92 Å². The Kier molecular flexibility index (Phi) is 3.79. The summed E-state index contributed by atoms with van der Waals surface area (Å²) < 4.78 is 37.9. The number of aldehydes is 1. The highest BCUT2D eigenvalue weighted by Crippen LogP contribution is 2.33. The molecule has 0 radical (unpaired) electrons. The van der Waals surface area contributed by atoms with Crippen LogP contribution in [-0.4, -0.2) is 19.9 Å². The SMILES string of the molecule is C#CCN(C)c1ccc(C=O)c(C(F)(F)F)c1. The quantitative estimate of drug-likeness (QED) is 0.598. The van der Waals surface area contributed by atoms with Gasteiger partial charge in [-0.3, -0.25) is 4.79 Å². The smallest absolute Gasteiger partial charge is 0.363 e. The standard InChI is InChI=1S/C12H10F3NO/c1-3-6-16(2)10-5-4-9(8-17)11(7-10)12(13,14)15/h1,4-5,7-8H,6H2,2H3. The van der Waals surface area contributed by atoms with Gasteiger partial charge in [0.25, 0.3) is 0 Å². The van der Waals surface area contributed by atoms with Crippen molar-refractivity contribution in [3.8, 4) is 12.3 Å². The summed E-state index contributed by atoms with van der Waals surface area (Å²) in [6, 6.07) is 3.48. The van der Waals surface area contributed by atoms with Gasteiger partial charge < -0.3 is 4.90 Å². The molecule has 0 spiro atoms. The Bertz CT molecular complexity index is 460. The van der Waals surface area contributed by atoms with Gasteiger partial charge >= 0.3 is 6.18 Å². The molecule has 0 saturated carbocycles. The summed E-state index contributed by atoms with van der Waals surface area (Å²) in [6.07, 6.45) is 0.713. The van der Waals surface area contributed by atoms with E-state index in [-0.39, 0.29) is 18.4 Å². The Morgan fingerprint density at radius 1 is 1.47 bits per heavy atom. The third kappa shape index (κ3) is 3.00. The normalized spacial score (nSPS) is 10.8. The number of terminal acetylenes is 1. The number of alkyl halides is 3. The number of nitrogens with zero attached hydrogens (tertiary/aromatic N) is 1. The van der Waals surface area contributed by atoms with Gasteiger partial charge in [0.15, 0.2) is 6.29 Å². The molecule has 0 amide bonds. The van der Waals surface area contributed by atoms with E-state index in [1.165, 1.54) is 11.0 Å². The van der Waals surface area contributed by atoms with Crippen LogP contribution in [0.5, 0.6) is 0 Å². The van der Waals surface area contributed by atoms with Gasteiger partial charge in [-0.15, -0.1) is 6.42 Å². The van der Waals surface area contributed by atoms with E-state index in [9.17, 15) is 18.0 Å². The van der Waals surface area contributed by atoms with Crippen molar-refractivity contribution in [3.63, 3.8) is 0 Å². The van der Waals surface area contributed by atoms with Crippen molar-refractivity contribution in [2.45, 2.75) is 6.18 Å². The second-order valence-corrected chi connectivity index (χ2v) is 3.45. The summed E-state index contributed by atoms with van der Waals surface area (Å²) in [4.78, 5) is 12.0. The van der Waals surface area contributed by atoms with Crippen molar-refractivity contribution >= 4 is 12.0 Å². The Balaban J connectivity index is 3.23. The largest absolute Gasteiger partial charge is 0.417 e. The van der Waals surface area contributed by atoms with Crippen LogP contribution in [0.4, 0.5) is 18.9 Å². The van der Waals surface area contributed by atoms with Crippen molar-refractivity contribution in [1.29, 1.82) is 0 Å². The van der Waals surface area contributed by atoms with Crippen LogP contribution in [0.1, 0.15) is 15.9 Å². The summed E-state index contributed by atoms with van der Waals surface area (Å²) in [5.41, 5.74) is -1.01. The summed E-state index contributed by atoms with van der Waals surface area (Å²) >= 11 is 0. The number of halogens is 3. The Morgan fingerprint density at radius 2 is 2.12 bits per heavy atom. The monoisotopic (exact) mass is 241 g/mol. The van der Waals surface area contributed by atoms with E-state index in [2.05, 4.69) is 5.92 Å². The van der Waals surface area contributed by atoms with E-state index in [0.29, 0.717) is 5.69 Å². The van der Waals surface area contributed by atoms with E-state index in [1.54, 1.807) is 7.05 Å². The Labute approximate surface area is 97.0 Å². The van der Waals surface area contributed by atoms with E-state index < -0.39 is 11.7 Å². The van der Waals surface area contributed by atoms with Gasteiger partial charge in [0.1, 0.15) is 0 Å². The molecule has 5 heteroatoms. The van der Waals surface area contributed by atoms with Crippen molar-refractivity contribution in [2.75, 3.05) is 18.5 Å². The van der Waals surface area contributed by atoms with E-state index in [0.717, 1.165) is 12.1 Å². The van der Waals surface area contributed by atoms with Crippen molar-refractivity contribution in [3.05, 3.63) is 29.3 Å². The molecule has 0 saturated heterocycles. The zero-order chi connectivity index (χ0) is 13.1. The highest BCUT2D eigenvalue weighted by atomic mass is 19.4. The first-order valence-corrected chi connectivity index (χ1v) is 4.71. The maximum absolute atomic E-state index is 12.6. The lowest BCUT2D eigenvalue weighted by Gasteiger charge is -2.18. The fraction of sp³-hybridized carbons (Fsp3) is 0.250. The summed E-state index contributed by atoms with van der Waals surface area (Å²) in [7, 11) is 1.58. The van der Waals surface area contributed by atoms with E-state index >= 15 is 0 Å². The fourth-order valence-corrected chi connectivity index (χ4v) is 1.36. The third-order valence-electron chi connectivity index (χ3n) is 2.24. The summed E-state index contributed by atoms with van der Waals surface area (Å²) in [5.74, 6) is 2.33. The van der Waals surface area contributed by atoms with Crippen LogP contribution < -0.4 is 4.90 Å². The predicted molar refractivity (Wildman–Crippen MR) is 58.9 cm³/mol. The van der Waals surface area contributed by atoms with Gasteiger partial charge in [-0.25, -0.2) is 0 Å². The molecule has 0 bridgehead atoms. The van der Waals surface area contributed by atoms with E-state index in [4.69, 9.17) is 6.42 Å². The zero-order valence-corrected chi connectivity index (χ0v) is 9.08. The van der Waals surface area contributed by atoms with Gasteiger partial charge in [-0.2, -0.15) is 13.2 Å². The van der Waals surface area contributed by atoms with Crippen molar-refractivity contribution in [1.82, 2.24) is 0 Å². The molecule has 0 aliphatic rings. The number of hydrogen-bond acceptors (Lipinski definition) is 2. The molecule has 1 rings (SSSR count). The Hall–Kier alpha value is -1.96. The predicted octanol–water partition coefficient (Wildman–Crippen LogP) is 2.59. The number of anilines is 1. The molecule has 17 heavy (non-hydrogen) atoms. The number of hydrogen-bond donors (Lipinski definition) is 0. The van der Waals surface area contributed by atoms with E-state index in [1.807, 2.05) is 0 Å². The number of carbonyl (C=O) groups excluding carboxylic acids is 1. The maximum Gasteiger partial charge on any atom is 0.417 e. The lowest BCUT2D eigenvalue weighted by Crippen LogP contribution is -2.18. The summed E-state index contributed by atoms with van der Waals surface area (Å²) in [6.45, 7) is 0.192. The van der Waals surface area contributed by atoms with Crippen LogP contribution >= 0.6 is 0 Å². The first-order chi connectivity index (χ1) is 7.90. The maximum atomic E-state index is 12.6. The first kappa shape index (κ1) is 13.1. The van der Waals surface area contributed by atoms with Gasteiger partial charge in [0.2, 0.25) is 0 Å². The van der Waals surface area contributed by atoms with Crippen LogP contribution in [0.25, 0.3) is 0 Å². The molecule has 1 aromatic carbocycles. The highest BCUT2D eigenvalue weighted by Gasteiger charge is 2.33. The molecule has 0 atom stereocenters. The van der Waals surface area contributed by atoms with Gasteiger partial charge in [0.05, 0.1) is 12.1 Å². The molecule has 2 nitrogen and oxygen atoms in total. The second kappa shape index (κ2) is 4.91. The van der Waals surface area contributed by atoms with Gasteiger partial charge in [-0.05, 0) is 18.2 Å². The van der Waals surface area contributed by atoms with Gasteiger partial charge in [0, 0.05) is 18.3 Å². The van der Waals surface area contributed by atoms with Crippen LogP contribution in [0.2, 0.25) is 0 Å². The number of carbonyl (C=O) groups is 1. The van der Waals surface area contributed by atoms with Crippen molar-refractivity contribution in [2.24, 2.45) is 0 Å². The van der Waals surface area contributed by atoms with Crippen LogP contribution in [-0.2, 0) is 6.18 Å². The Morgan fingerprint density at radius 3 is 2.59 bits per heavy atom. The minimum Gasteiger partial charge on any atom is -0.363 e. The molecule has 0 aromatic heterocycles. The first-order valence-electron chi connectivity index (χ1n) is 4.71. The topological polar surface area (TPSA) is 20.3 Å². The number of benzene rings is 1. The molecule has 90 valence electrons. The average Bonchev–Trinajstić information content (AvgIpc) is 2.27. The zero-order valence-electron chi connectivity index (χ0n) is 9.08. The lowest BCUT2D eigenvalue weighted by atomic mass is 10.1. The molecule has 0 aliphatic carbocycles.